The maximum atomic E-state index is 12.5. The second-order valence-electron chi connectivity index (χ2n) is 7.00. The van der Waals surface area contributed by atoms with Gasteiger partial charge in [0.1, 0.15) is 5.75 Å². The summed E-state index contributed by atoms with van der Waals surface area (Å²) in [6, 6.07) is 9.28. The van der Waals surface area contributed by atoms with Crippen LogP contribution in [0.5, 0.6) is 5.75 Å². The average molecular weight is 372 g/mol. The normalized spacial score (nSPS) is 15.2. The number of phenolic OH excluding ortho intramolecular Hbond substituents is 1. The lowest BCUT2D eigenvalue weighted by Crippen LogP contribution is -2.38. The Hall–Kier alpha value is -2.14. The number of carbonyl (C=O) groups excluding carboxylic acids is 2. The molecular weight excluding hydrogens is 346 g/mol. The van der Waals surface area contributed by atoms with Gasteiger partial charge in [0.15, 0.2) is 5.78 Å². The van der Waals surface area contributed by atoms with Crippen molar-refractivity contribution in [3.8, 4) is 5.75 Å². The van der Waals surface area contributed by atoms with Crippen molar-refractivity contribution in [2.24, 2.45) is 0 Å². The standard InChI is InChI=1S/C21H25NO3S/c1-14-13-19(15(2)26-14)20(24)7-8-21(25)22-11-9-17(10-12-22)16-3-5-18(23)6-4-16/h3-6,13,17,23H,7-12H2,1-2H3. The van der Waals surface area contributed by atoms with Crippen molar-refractivity contribution in [3.63, 3.8) is 0 Å². The highest BCUT2D eigenvalue weighted by Gasteiger charge is 2.24. The summed E-state index contributed by atoms with van der Waals surface area (Å²) < 4.78 is 0. The largest absolute Gasteiger partial charge is 0.508 e. The topological polar surface area (TPSA) is 57.6 Å². The van der Waals surface area contributed by atoms with Gasteiger partial charge in [0.2, 0.25) is 5.91 Å². The number of piperidine rings is 1. The molecule has 138 valence electrons. The second-order valence-corrected chi connectivity index (χ2v) is 8.46. The number of amides is 1. The van der Waals surface area contributed by atoms with Gasteiger partial charge in [-0.1, -0.05) is 12.1 Å². The smallest absolute Gasteiger partial charge is 0.223 e. The van der Waals surface area contributed by atoms with Crippen molar-refractivity contribution in [2.45, 2.75) is 45.4 Å². The number of aromatic hydroxyl groups is 1. The summed E-state index contributed by atoms with van der Waals surface area (Å²) in [5, 5.41) is 9.39. The van der Waals surface area contributed by atoms with E-state index < -0.39 is 0 Å². The molecule has 0 bridgehead atoms. The molecule has 1 fully saturated rings. The molecule has 0 spiro atoms. The number of rotatable bonds is 5. The summed E-state index contributed by atoms with van der Waals surface area (Å²) in [7, 11) is 0. The first-order valence-electron chi connectivity index (χ1n) is 9.11. The molecule has 0 unspecified atom stereocenters. The highest BCUT2D eigenvalue weighted by atomic mass is 32.1. The third-order valence-corrected chi connectivity index (χ3v) is 6.09. The predicted octanol–water partition coefficient (Wildman–Crippen LogP) is 4.44. The van der Waals surface area contributed by atoms with Gasteiger partial charge >= 0.3 is 0 Å². The van der Waals surface area contributed by atoms with Crippen LogP contribution in [0.2, 0.25) is 0 Å². The molecule has 3 rings (SSSR count). The molecule has 1 N–H and O–H groups in total. The van der Waals surface area contributed by atoms with E-state index in [0.29, 0.717) is 5.92 Å². The molecule has 2 aromatic rings. The number of thiophene rings is 1. The number of likely N-dealkylation sites (tertiary alicyclic amines) is 1. The summed E-state index contributed by atoms with van der Waals surface area (Å²) in [4.78, 5) is 28.9. The summed E-state index contributed by atoms with van der Waals surface area (Å²) in [5.41, 5.74) is 1.99. The van der Waals surface area contributed by atoms with E-state index in [2.05, 4.69) is 0 Å². The molecule has 2 heterocycles. The predicted molar refractivity (Wildman–Crippen MR) is 104 cm³/mol. The van der Waals surface area contributed by atoms with Crippen molar-refractivity contribution in [3.05, 3.63) is 51.2 Å². The van der Waals surface area contributed by atoms with E-state index in [1.54, 1.807) is 23.5 Å². The fraction of sp³-hybridized carbons (Fsp3) is 0.429. The van der Waals surface area contributed by atoms with E-state index in [4.69, 9.17) is 0 Å². The van der Waals surface area contributed by atoms with Gasteiger partial charge in [0.05, 0.1) is 0 Å². The maximum absolute atomic E-state index is 12.5. The number of aryl methyl sites for hydroxylation is 2. The van der Waals surface area contributed by atoms with Crippen molar-refractivity contribution < 1.29 is 14.7 Å². The van der Waals surface area contributed by atoms with Gasteiger partial charge in [-0.05, 0) is 56.4 Å². The minimum absolute atomic E-state index is 0.0687. The number of ketones is 1. The number of Topliss-reactive ketones (excluding diaryl/α,β-unsaturated/α-hetero) is 1. The van der Waals surface area contributed by atoms with Crippen molar-refractivity contribution in [2.75, 3.05) is 13.1 Å². The van der Waals surface area contributed by atoms with Gasteiger partial charge in [-0.25, -0.2) is 0 Å². The van der Waals surface area contributed by atoms with Gasteiger partial charge in [-0.3, -0.25) is 9.59 Å². The Balaban J connectivity index is 1.48. The Kier molecular flexibility index (Phi) is 5.77. The molecule has 1 aromatic carbocycles. The quantitative estimate of drug-likeness (QED) is 0.791. The molecule has 1 saturated heterocycles. The fourth-order valence-corrected chi connectivity index (χ4v) is 4.57. The zero-order chi connectivity index (χ0) is 18.7. The molecule has 26 heavy (non-hydrogen) atoms. The summed E-state index contributed by atoms with van der Waals surface area (Å²) in [5.74, 6) is 0.853. The van der Waals surface area contributed by atoms with Crippen LogP contribution < -0.4 is 0 Å². The number of hydrogen-bond donors (Lipinski definition) is 1. The van der Waals surface area contributed by atoms with Crippen LogP contribution in [-0.2, 0) is 4.79 Å². The van der Waals surface area contributed by atoms with Crippen LogP contribution in [0.25, 0.3) is 0 Å². The zero-order valence-electron chi connectivity index (χ0n) is 15.3. The van der Waals surface area contributed by atoms with Crippen molar-refractivity contribution >= 4 is 23.0 Å². The van der Waals surface area contributed by atoms with E-state index >= 15 is 0 Å². The molecule has 1 aliphatic rings. The van der Waals surface area contributed by atoms with Gasteiger partial charge in [0.25, 0.3) is 0 Å². The molecule has 5 heteroatoms. The lowest BCUT2D eigenvalue weighted by molar-refractivity contribution is -0.132. The first-order valence-corrected chi connectivity index (χ1v) is 9.92. The minimum atomic E-state index is 0.0687. The third-order valence-electron chi connectivity index (χ3n) is 5.12. The molecule has 4 nitrogen and oxygen atoms in total. The number of nitrogens with zero attached hydrogens (tertiary/aromatic N) is 1. The molecule has 1 amide bonds. The molecule has 0 radical (unpaired) electrons. The molecule has 0 atom stereocenters. The fourth-order valence-electron chi connectivity index (χ4n) is 3.63. The van der Waals surface area contributed by atoms with Gasteiger partial charge in [0, 0.05) is 41.2 Å². The SMILES string of the molecule is Cc1cc(C(=O)CCC(=O)N2CCC(c3ccc(O)cc3)CC2)c(C)s1. The van der Waals surface area contributed by atoms with E-state index in [1.807, 2.05) is 36.9 Å². The van der Waals surface area contributed by atoms with Crippen LogP contribution in [0.15, 0.2) is 30.3 Å². The maximum Gasteiger partial charge on any atom is 0.223 e. The van der Waals surface area contributed by atoms with Crippen LogP contribution in [0.3, 0.4) is 0 Å². The molecule has 1 aromatic heterocycles. The van der Waals surface area contributed by atoms with Gasteiger partial charge in [-0.2, -0.15) is 0 Å². The molecular formula is C21H25NO3S. The second kappa shape index (κ2) is 8.04. The lowest BCUT2D eigenvalue weighted by atomic mass is 9.89. The van der Waals surface area contributed by atoms with Crippen molar-refractivity contribution in [1.29, 1.82) is 0 Å². The monoisotopic (exact) mass is 371 g/mol. The summed E-state index contributed by atoms with van der Waals surface area (Å²) >= 11 is 1.63. The Morgan fingerprint density at radius 1 is 1.12 bits per heavy atom. The number of hydrogen-bond acceptors (Lipinski definition) is 4. The average Bonchev–Trinajstić information content (AvgIpc) is 2.98. The molecule has 0 saturated carbocycles. The van der Waals surface area contributed by atoms with E-state index in [1.165, 1.54) is 5.56 Å². The summed E-state index contributed by atoms with van der Waals surface area (Å²) in [6.07, 6.45) is 2.42. The molecule has 0 aliphatic carbocycles. The Morgan fingerprint density at radius 2 is 1.77 bits per heavy atom. The first-order chi connectivity index (χ1) is 12.4. The highest BCUT2D eigenvalue weighted by molar-refractivity contribution is 7.12. The highest BCUT2D eigenvalue weighted by Crippen LogP contribution is 2.29. The minimum Gasteiger partial charge on any atom is -0.508 e. The Labute approximate surface area is 158 Å². The van der Waals surface area contributed by atoms with Crippen LogP contribution in [-0.4, -0.2) is 34.8 Å². The van der Waals surface area contributed by atoms with Crippen molar-refractivity contribution in [1.82, 2.24) is 4.90 Å². The van der Waals surface area contributed by atoms with Gasteiger partial charge in [-0.15, -0.1) is 11.3 Å². The zero-order valence-corrected chi connectivity index (χ0v) is 16.1. The van der Waals surface area contributed by atoms with E-state index in [9.17, 15) is 14.7 Å². The van der Waals surface area contributed by atoms with E-state index in [-0.39, 0.29) is 30.3 Å². The van der Waals surface area contributed by atoms with Crippen LogP contribution in [0, 0.1) is 13.8 Å². The van der Waals surface area contributed by atoms with Crippen LogP contribution >= 0.6 is 11.3 Å². The first kappa shape index (κ1) is 18.6. The Morgan fingerprint density at radius 3 is 2.35 bits per heavy atom. The number of carbonyl (C=O) groups is 2. The number of phenols is 1. The summed E-state index contributed by atoms with van der Waals surface area (Å²) in [6.45, 7) is 5.42. The lowest BCUT2D eigenvalue weighted by Gasteiger charge is -2.32. The number of benzene rings is 1. The molecule has 1 aliphatic heterocycles. The van der Waals surface area contributed by atoms with E-state index in [0.717, 1.165) is 41.2 Å². The third kappa shape index (κ3) is 4.33. The van der Waals surface area contributed by atoms with Gasteiger partial charge < -0.3 is 10.0 Å². The Bertz CT molecular complexity index is 786. The van der Waals surface area contributed by atoms with Crippen LogP contribution in [0.4, 0.5) is 0 Å². The van der Waals surface area contributed by atoms with Crippen LogP contribution in [0.1, 0.15) is 57.3 Å².